The van der Waals surface area contributed by atoms with Gasteiger partial charge in [-0.25, -0.2) is 0 Å². The molecule has 0 saturated carbocycles. The number of aryl methyl sites for hydroxylation is 2. The standard InChI is InChI=1S/C23H28N2O3S/c1-2-13-24-22(26)19-15-25(17-10-7-8-11-18(17)28-19)23(27)21-14-16-9-5-3-4-6-12-20(16)29-21/h7-8,10-11,14,19H,2-6,9,12-13,15H2,1H3,(H,24,26)/t19-/m1/s1. The quantitative estimate of drug-likeness (QED) is 0.813. The van der Waals surface area contributed by atoms with E-state index in [9.17, 15) is 9.59 Å². The first-order chi connectivity index (χ1) is 14.2. The number of thiophene rings is 1. The van der Waals surface area contributed by atoms with E-state index >= 15 is 0 Å². The summed E-state index contributed by atoms with van der Waals surface area (Å²) in [4.78, 5) is 29.9. The lowest BCUT2D eigenvalue weighted by molar-refractivity contribution is -0.127. The first kappa shape index (κ1) is 20.0. The molecule has 6 heteroatoms. The van der Waals surface area contributed by atoms with Crippen molar-refractivity contribution in [2.45, 2.75) is 58.0 Å². The molecule has 0 unspecified atom stereocenters. The van der Waals surface area contributed by atoms with Gasteiger partial charge < -0.3 is 10.1 Å². The summed E-state index contributed by atoms with van der Waals surface area (Å²) in [7, 11) is 0. The normalized spacial score (nSPS) is 18.7. The fourth-order valence-corrected chi connectivity index (χ4v) is 5.21. The summed E-state index contributed by atoms with van der Waals surface area (Å²) in [5, 5.41) is 2.89. The maximum atomic E-state index is 13.5. The predicted octanol–water partition coefficient (Wildman–Crippen LogP) is 4.34. The minimum absolute atomic E-state index is 0.0363. The average molecular weight is 413 g/mol. The van der Waals surface area contributed by atoms with Crippen LogP contribution in [-0.4, -0.2) is 31.0 Å². The van der Waals surface area contributed by atoms with E-state index in [0.29, 0.717) is 12.3 Å². The number of ether oxygens (including phenoxy) is 1. The lowest BCUT2D eigenvalue weighted by Crippen LogP contribution is -2.50. The zero-order chi connectivity index (χ0) is 20.2. The Morgan fingerprint density at radius 2 is 1.97 bits per heavy atom. The molecule has 0 saturated heterocycles. The molecule has 1 atom stereocenters. The number of amides is 2. The molecule has 2 amide bonds. The van der Waals surface area contributed by atoms with E-state index in [0.717, 1.165) is 29.8 Å². The molecule has 0 spiro atoms. The second kappa shape index (κ2) is 8.99. The van der Waals surface area contributed by atoms with Gasteiger partial charge in [0.25, 0.3) is 11.8 Å². The van der Waals surface area contributed by atoms with Crippen LogP contribution in [0.5, 0.6) is 5.75 Å². The Balaban J connectivity index is 1.61. The number of nitrogens with one attached hydrogen (secondary N) is 1. The van der Waals surface area contributed by atoms with E-state index in [4.69, 9.17) is 4.74 Å². The molecule has 1 aliphatic heterocycles. The van der Waals surface area contributed by atoms with E-state index < -0.39 is 6.10 Å². The van der Waals surface area contributed by atoms with Crippen LogP contribution in [0, 0.1) is 0 Å². The van der Waals surface area contributed by atoms with Crippen LogP contribution in [0.25, 0.3) is 0 Å². The average Bonchev–Trinajstić information content (AvgIpc) is 3.12. The maximum absolute atomic E-state index is 13.5. The minimum Gasteiger partial charge on any atom is -0.477 e. The Kier molecular flexibility index (Phi) is 6.19. The molecule has 1 aromatic carbocycles. The third kappa shape index (κ3) is 4.32. The zero-order valence-electron chi connectivity index (χ0n) is 16.9. The smallest absolute Gasteiger partial charge is 0.268 e. The Morgan fingerprint density at radius 1 is 1.17 bits per heavy atom. The molecular weight excluding hydrogens is 384 g/mol. The van der Waals surface area contributed by atoms with Crippen molar-refractivity contribution in [1.29, 1.82) is 0 Å². The third-order valence-electron chi connectivity index (χ3n) is 5.57. The molecule has 1 N–H and O–H groups in total. The molecule has 5 nitrogen and oxygen atoms in total. The predicted molar refractivity (Wildman–Crippen MR) is 116 cm³/mol. The Morgan fingerprint density at radius 3 is 2.79 bits per heavy atom. The van der Waals surface area contributed by atoms with Crippen molar-refractivity contribution >= 4 is 28.8 Å². The highest BCUT2D eigenvalue weighted by Crippen LogP contribution is 2.36. The van der Waals surface area contributed by atoms with E-state index in [2.05, 4.69) is 11.4 Å². The molecule has 1 aliphatic carbocycles. The minimum atomic E-state index is -0.693. The highest BCUT2D eigenvalue weighted by molar-refractivity contribution is 7.14. The number of hydrogen-bond donors (Lipinski definition) is 1. The number of benzene rings is 1. The van der Waals surface area contributed by atoms with Gasteiger partial charge in [0.05, 0.1) is 17.1 Å². The Labute approximate surface area is 176 Å². The van der Waals surface area contributed by atoms with Gasteiger partial charge in [0.2, 0.25) is 0 Å². The fourth-order valence-electron chi connectivity index (χ4n) is 4.01. The van der Waals surface area contributed by atoms with Crippen LogP contribution in [0.2, 0.25) is 0 Å². The van der Waals surface area contributed by atoms with Crippen LogP contribution in [0.3, 0.4) is 0 Å². The number of rotatable bonds is 4. The monoisotopic (exact) mass is 412 g/mol. The first-order valence-electron chi connectivity index (χ1n) is 10.6. The van der Waals surface area contributed by atoms with Crippen LogP contribution < -0.4 is 15.0 Å². The number of fused-ring (bicyclic) bond motifs is 2. The molecule has 29 heavy (non-hydrogen) atoms. The van der Waals surface area contributed by atoms with Gasteiger partial charge in [0, 0.05) is 11.4 Å². The van der Waals surface area contributed by atoms with E-state index in [-0.39, 0.29) is 18.4 Å². The SMILES string of the molecule is CCCNC(=O)[C@H]1CN(C(=O)c2cc3c(s2)CCCCCC3)c2ccccc2O1. The molecule has 4 rings (SSSR count). The zero-order valence-corrected chi connectivity index (χ0v) is 17.7. The van der Waals surface area contributed by atoms with Crippen molar-refractivity contribution in [3.8, 4) is 5.75 Å². The summed E-state index contributed by atoms with van der Waals surface area (Å²) in [6.45, 7) is 2.84. The number of para-hydroxylation sites is 2. The number of nitrogens with zero attached hydrogens (tertiary/aromatic N) is 1. The molecule has 0 radical (unpaired) electrons. The molecule has 0 bridgehead atoms. The number of hydrogen-bond acceptors (Lipinski definition) is 4. The molecule has 1 aromatic heterocycles. The molecule has 2 heterocycles. The van der Waals surface area contributed by atoms with Crippen molar-refractivity contribution in [1.82, 2.24) is 5.32 Å². The topological polar surface area (TPSA) is 58.6 Å². The van der Waals surface area contributed by atoms with Crippen LogP contribution in [0.1, 0.15) is 59.1 Å². The lowest BCUT2D eigenvalue weighted by atomic mass is 9.99. The van der Waals surface area contributed by atoms with E-state index in [1.807, 2.05) is 31.2 Å². The van der Waals surface area contributed by atoms with Crippen molar-refractivity contribution in [3.63, 3.8) is 0 Å². The molecule has 2 aliphatic rings. The van der Waals surface area contributed by atoms with Gasteiger partial charge >= 0.3 is 0 Å². The van der Waals surface area contributed by atoms with E-state index in [1.54, 1.807) is 16.2 Å². The van der Waals surface area contributed by atoms with Gasteiger partial charge in [-0.05, 0) is 55.9 Å². The van der Waals surface area contributed by atoms with Gasteiger partial charge in [-0.1, -0.05) is 31.9 Å². The summed E-state index contributed by atoms with van der Waals surface area (Å²) >= 11 is 1.63. The highest BCUT2D eigenvalue weighted by atomic mass is 32.1. The van der Waals surface area contributed by atoms with Gasteiger partial charge in [-0.15, -0.1) is 11.3 Å². The maximum Gasteiger partial charge on any atom is 0.268 e. The van der Waals surface area contributed by atoms with Gasteiger partial charge in [0.1, 0.15) is 5.75 Å². The van der Waals surface area contributed by atoms with Crippen molar-refractivity contribution < 1.29 is 14.3 Å². The van der Waals surface area contributed by atoms with Gasteiger partial charge in [0.15, 0.2) is 6.10 Å². The Hall–Kier alpha value is -2.34. The second-order valence-electron chi connectivity index (χ2n) is 7.75. The summed E-state index contributed by atoms with van der Waals surface area (Å²) in [5.74, 6) is 0.377. The van der Waals surface area contributed by atoms with Crippen molar-refractivity contribution in [3.05, 3.63) is 45.6 Å². The third-order valence-corrected chi connectivity index (χ3v) is 6.79. The summed E-state index contributed by atoms with van der Waals surface area (Å²) in [5.41, 5.74) is 2.06. The lowest BCUT2D eigenvalue weighted by Gasteiger charge is -2.34. The molecule has 0 fully saturated rings. The molecular formula is C23H28N2O3S. The van der Waals surface area contributed by atoms with Crippen LogP contribution in [0.15, 0.2) is 30.3 Å². The summed E-state index contributed by atoms with van der Waals surface area (Å²) in [6.07, 6.45) is 7.21. The first-order valence-corrected chi connectivity index (χ1v) is 11.5. The largest absolute Gasteiger partial charge is 0.477 e. The van der Waals surface area contributed by atoms with Crippen molar-refractivity contribution in [2.75, 3.05) is 18.0 Å². The molecule has 154 valence electrons. The second-order valence-corrected chi connectivity index (χ2v) is 8.89. The number of carbonyl (C=O) groups excluding carboxylic acids is 2. The summed E-state index contributed by atoms with van der Waals surface area (Å²) in [6, 6.07) is 9.55. The highest BCUT2D eigenvalue weighted by Gasteiger charge is 2.34. The van der Waals surface area contributed by atoms with Crippen LogP contribution in [0.4, 0.5) is 5.69 Å². The van der Waals surface area contributed by atoms with Crippen molar-refractivity contribution in [2.24, 2.45) is 0 Å². The van der Waals surface area contributed by atoms with Crippen LogP contribution in [-0.2, 0) is 17.6 Å². The number of carbonyl (C=O) groups is 2. The molecule has 2 aromatic rings. The van der Waals surface area contributed by atoms with Gasteiger partial charge in [-0.2, -0.15) is 0 Å². The van der Waals surface area contributed by atoms with Gasteiger partial charge in [-0.3, -0.25) is 14.5 Å². The number of anilines is 1. The summed E-state index contributed by atoms with van der Waals surface area (Å²) < 4.78 is 5.92. The van der Waals surface area contributed by atoms with Crippen LogP contribution >= 0.6 is 11.3 Å². The van der Waals surface area contributed by atoms with E-state index in [1.165, 1.54) is 36.1 Å². The Bertz CT molecular complexity index is 866. The fraction of sp³-hybridized carbons (Fsp3) is 0.478.